The van der Waals surface area contributed by atoms with Crippen molar-refractivity contribution in [1.82, 2.24) is 5.32 Å². The van der Waals surface area contributed by atoms with Gasteiger partial charge in [-0.3, -0.25) is 9.59 Å². The van der Waals surface area contributed by atoms with Crippen LogP contribution in [0.2, 0.25) is 0 Å². The maximum atomic E-state index is 12.3. The van der Waals surface area contributed by atoms with Crippen molar-refractivity contribution < 1.29 is 24.5 Å². The van der Waals surface area contributed by atoms with Gasteiger partial charge in [-0.25, -0.2) is 0 Å². The number of ether oxygens (including phenoxy) is 1. The van der Waals surface area contributed by atoms with Crippen molar-refractivity contribution in [3.8, 4) is 0 Å². The molecule has 0 rings (SSSR count). The molecule has 0 aromatic rings. The molecule has 6 heteroatoms. The summed E-state index contributed by atoms with van der Waals surface area (Å²) in [5.41, 5.74) is 0. The maximum Gasteiger partial charge on any atom is 0.305 e. The Morgan fingerprint density at radius 1 is 0.509 bits per heavy atom. The van der Waals surface area contributed by atoms with Gasteiger partial charge in [0.1, 0.15) is 0 Å². The summed E-state index contributed by atoms with van der Waals surface area (Å²) >= 11 is 0. The van der Waals surface area contributed by atoms with Gasteiger partial charge in [-0.15, -0.1) is 0 Å². The molecule has 0 fully saturated rings. The predicted octanol–water partition coefficient (Wildman–Crippen LogP) is 13.2. The fourth-order valence-electron chi connectivity index (χ4n) is 6.86. The fourth-order valence-corrected chi connectivity index (χ4v) is 6.86. The monoisotopic (exact) mass is 748 g/mol. The van der Waals surface area contributed by atoms with Crippen LogP contribution in [0.25, 0.3) is 0 Å². The highest BCUT2D eigenvalue weighted by Gasteiger charge is 2.18. The van der Waals surface area contributed by atoms with Crippen molar-refractivity contribution in [2.75, 3.05) is 13.2 Å². The Kier molecular flexibility index (Phi) is 41.7. The predicted molar refractivity (Wildman–Crippen MR) is 227 cm³/mol. The zero-order valence-electron chi connectivity index (χ0n) is 35.2. The molecular formula is C47H89NO5. The van der Waals surface area contributed by atoms with Crippen LogP contribution < -0.4 is 5.32 Å². The van der Waals surface area contributed by atoms with E-state index in [-0.39, 0.29) is 18.5 Å². The smallest absolute Gasteiger partial charge is 0.305 e. The van der Waals surface area contributed by atoms with E-state index in [9.17, 15) is 19.8 Å². The summed E-state index contributed by atoms with van der Waals surface area (Å²) in [5.74, 6) is -0.107. The first-order chi connectivity index (χ1) is 26.0. The molecule has 3 N–H and O–H groups in total. The minimum absolute atomic E-state index is 0.0199. The van der Waals surface area contributed by atoms with Crippen LogP contribution in [0, 0.1) is 0 Å². The molecule has 0 aliphatic heterocycles. The van der Waals surface area contributed by atoms with Crippen molar-refractivity contribution in [2.24, 2.45) is 0 Å². The molecule has 0 spiro atoms. The van der Waals surface area contributed by atoms with E-state index in [1.54, 1.807) is 6.08 Å². The summed E-state index contributed by atoms with van der Waals surface area (Å²) in [6.45, 7) is 4.82. The normalized spacial score (nSPS) is 12.9. The number of aliphatic hydroxyl groups excluding tert-OH is 2. The summed E-state index contributed by atoms with van der Waals surface area (Å²) in [7, 11) is 0. The van der Waals surface area contributed by atoms with Gasteiger partial charge in [-0.05, 0) is 57.8 Å². The molecule has 2 unspecified atom stereocenters. The molecular weight excluding hydrogens is 659 g/mol. The van der Waals surface area contributed by atoms with Gasteiger partial charge in [0.2, 0.25) is 5.91 Å². The van der Waals surface area contributed by atoms with Crippen molar-refractivity contribution in [1.29, 1.82) is 0 Å². The van der Waals surface area contributed by atoms with Crippen LogP contribution in [0.5, 0.6) is 0 Å². The van der Waals surface area contributed by atoms with Crippen LogP contribution in [0.1, 0.15) is 239 Å². The number of amides is 1. The third kappa shape index (κ3) is 39.8. The van der Waals surface area contributed by atoms with Crippen LogP contribution in [0.3, 0.4) is 0 Å². The summed E-state index contributed by atoms with van der Waals surface area (Å²) in [5, 5.41) is 22.8. The summed E-state index contributed by atoms with van der Waals surface area (Å²) < 4.78 is 5.45. The van der Waals surface area contributed by atoms with Gasteiger partial charge in [0, 0.05) is 12.8 Å². The lowest BCUT2D eigenvalue weighted by Crippen LogP contribution is -2.45. The van der Waals surface area contributed by atoms with Gasteiger partial charge in [-0.1, -0.05) is 192 Å². The van der Waals surface area contributed by atoms with Crippen LogP contribution in [-0.2, 0) is 14.3 Å². The third-order valence-electron chi connectivity index (χ3n) is 10.5. The standard InChI is InChI=1S/C47H89NO5/c1-3-5-7-9-11-13-14-15-16-17-21-25-29-33-37-41-47(52)53-42-38-34-30-26-22-19-18-20-24-28-32-36-40-46(51)48-44(43-49)45(50)39-35-31-27-23-12-10-8-6-4-2/h15-16,35,39,44-45,49-50H,3-14,17-34,36-38,40-43H2,1-2H3,(H,48,51)/b16-15-,39-35+. The quantitative estimate of drug-likeness (QED) is 0.0328. The zero-order valence-corrected chi connectivity index (χ0v) is 35.2. The SMILES string of the molecule is CCCCCCCC/C=C\CCCCCCCC(=O)OCCCCCCCCCCCCCCC(=O)NC(CO)C(O)/C=C/CCCCCCCCC. The Balaban J connectivity index is 3.47. The highest BCUT2D eigenvalue weighted by Crippen LogP contribution is 2.14. The Labute approximate surface area is 329 Å². The second-order valence-electron chi connectivity index (χ2n) is 15.7. The van der Waals surface area contributed by atoms with E-state index in [2.05, 4.69) is 31.3 Å². The Morgan fingerprint density at radius 3 is 1.34 bits per heavy atom. The van der Waals surface area contributed by atoms with Gasteiger partial charge in [0.15, 0.2) is 0 Å². The number of hydrogen-bond donors (Lipinski definition) is 3. The van der Waals surface area contributed by atoms with E-state index in [0.29, 0.717) is 19.4 Å². The Bertz CT molecular complexity index is 828. The zero-order chi connectivity index (χ0) is 38.7. The molecule has 53 heavy (non-hydrogen) atoms. The van der Waals surface area contributed by atoms with Gasteiger partial charge >= 0.3 is 5.97 Å². The van der Waals surface area contributed by atoms with Crippen LogP contribution >= 0.6 is 0 Å². The second-order valence-corrected chi connectivity index (χ2v) is 15.7. The number of allylic oxidation sites excluding steroid dienone is 3. The van der Waals surface area contributed by atoms with Gasteiger partial charge in [0.05, 0.1) is 25.4 Å². The topological polar surface area (TPSA) is 95.9 Å². The first kappa shape index (κ1) is 51.3. The molecule has 0 aromatic carbocycles. The van der Waals surface area contributed by atoms with E-state index >= 15 is 0 Å². The van der Waals surface area contributed by atoms with Gasteiger partial charge in [-0.2, -0.15) is 0 Å². The second kappa shape index (κ2) is 43.1. The van der Waals surface area contributed by atoms with E-state index in [1.807, 2.05) is 6.08 Å². The lowest BCUT2D eigenvalue weighted by molar-refractivity contribution is -0.143. The van der Waals surface area contributed by atoms with E-state index in [1.165, 1.54) is 154 Å². The molecule has 0 saturated carbocycles. The number of carbonyl (C=O) groups is 2. The highest BCUT2D eigenvalue weighted by atomic mass is 16.5. The molecule has 0 aliphatic rings. The van der Waals surface area contributed by atoms with E-state index in [0.717, 1.165) is 57.8 Å². The lowest BCUT2D eigenvalue weighted by Gasteiger charge is -2.20. The number of hydrogen-bond acceptors (Lipinski definition) is 5. The number of rotatable bonds is 42. The maximum absolute atomic E-state index is 12.3. The largest absolute Gasteiger partial charge is 0.466 e. The Hall–Kier alpha value is -1.66. The molecule has 312 valence electrons. The molecule has 0 bridgehead atoms. The van der Waals surface area contributed by atoms with Crippen LogP contribution in [0.15, 0.2) is 24.3 Å². The molecule has 0 radical (unpaired) electrons. The average molecular weight is 748 g/mol. The molecule has 1 amide bonds. The molecule has 6 nitrogen and oxygen atoms in total. The highest BCUT2D eigenvalue weighted by molar-refractivity contribution is 5.76. The molecule has 0 aromatic heterocycles. The van der Waals surface area contributed by atoms with Crippen molar-refractivity contribution in [2.45, 2.75) is 251 Å². The van der Waals surface area contributed by atoms with Crippen molar-refractivity contribution in [3.05, 3.63) is 24.3 Å². The first-order valence-corrected chi connectivity index (χ1v) is 23.1. The number of carbonyl (C=O) groups excluding carboxylic acids is 2. The summed E-state index contributed by atoms with van der Waals surface area (Å²) in [6, 6.07) is -0.637. The minimum Gasteiger partial charge on any atom is -0.466 e. The fraction of sp³-hybridized carbons (Fsp3) is 0.872. The number of unbranched alkanes of at least 4 members (excludes halogenated alkanes) is 29. The number of nitrogens with one attached hydrogen (secondary N) is 1. The third-order valence-corrected chi connectivity index (χ3v) is 10.5. The lowest BCUT2D eigenvalue weighted by atomic mass is 10.0. The van der Waals surface area contributed by atoms with Crippen LogP contribution in [0.4, 0.5) is 0 Å². The minimum atomic E-state index is -0.852. The van der Waals surface area contributed by atoms with E-state index < -0.39 is 12.1 Å². The molecule has 0 heterocycles. The number of esters is 1. The molecule has 0 saturated heterocycles. The van der Waals surface area contributed by atoms with Crippen molar-refractivity contribution >= 4 is 11.9 Å². The van der Waals surface area contributed by atoms with Gasteiger partial charge < -0.3 is 20.3 Å². The molecule has 0 aliphatic carbocycles. The van der Waals surface area contributed by atoms with E-state index in [4.69, 9.17) is 4.74 Å². The van der Waals surface area contributed by atoms with Crippen LogP contribution in [-0.4, -0.2) is 47.4 Å². The Morgan fingerprint density at radius 2 is 0.887 bits per heavy atom. The van der Waals surface area contributed by atoms with Gasteiger partial charge in [0.25, 0.3) is 0 Å². The summed E-state index contributed by atoms with van der Waals surface area (Å²) in [6.07, 6.45) is 48.8. The number of aliphatic hydroxyl groups is 2. The first-order valence-electron chi connectivity index (χ1n) is 23.1. The molecule has 2 atom stereocenters. The average Bonchev–Trinajstić information content (AvgIpc) is 3.16. The summed E-state index contributed by atoms with van der Waals surface area (Å²) in [4.78, 5) is 24.3. The van der Waals surface area contributed by atoms with Crippen molar-refractivity contribution in [3.63, 3.8) is 0 Å².